The molecule has 17 heavy (non-hydrogen) atoms. The van der Waals surface area contributed by atoms with Crippen LogP contribution in [0.5, 0.6) is 0 Å². The van der Waals surface area contributed by atoms with Crippen LogP contribution in [0.4, 0.5) is 0 Å². The van der Waals surface area contributed by atoms with Crippen molar-refractivity contribution in [3.63, 3.8) is 0 Å². The molecule has 0 bridgehead atoms. The Labute approximate surface area is 103 Å². The molecule has 2 fully saturated rings. The number of carbonyl (C=O) groups is 1. The maximum atomic E-state index is 11.7. The van der Waals surface area contributed by atoms with Crippen molar-refractivity contribution in [2.24, 2.45) is 0 Å². The van der Waals surface area contributed by atoms with Gasteiger partial charge in [-0.3, -0.25) is 9.59 Å². The van der Waals surface area contributed by atoms with Crippen LogP contribution in [0.15, 0.2) is 10.2 Å². The normalized spacial score (nSPS) is 27.8. The monoisotopic (exact) mass is 253 g/mol. The molecule has 2 unspecified atom stereocenters. The van der Waals surface area contributed by atoms with E-state index in [-0.39, 0.29) is 16.8 Å². The van der Waals surface area contributed by atoms with Crippen molar-refractivity contribution >= 4 is 17.2 Å². The number of amides is 1. The van der Waals surface area contributed by atoms with Crippen molar-refractivity contribution in [1.82, 2.24) is 15.2 Å². The minimum absolute atomic E-state index is 0.0215. The molecule has 2 saturated heterocycles. The fraction of sp³-hybridized carbons (Fsp3) is 0.636. The Morgan fingerprint density at radius 3 is 3.18 bits per heavy atom. The zero-order valence-corrected chi connectivity index (χ0v) is 10.3. The summed E-state index contributed by atoms with van der Waals surface area (Å²) in [4.78, 5) is 27.5. The number of hydrogen-bond donors (Lipinski definition) is 2. The number of nitrogens with zero attached hydrogens (tertiary/aromatic N) is 1. The van der Waals surface area contributed by atoms with Crippen molar-refractivity contribution in [3.05, 3.63) is 20.7 Å². The maximum Gasteiger partial charge on any atom is 0.304 e. The van der Waals surface area contributed by atoms with E-state index in [1.807, 2.05) is 10.3 Å². The summed E-state index contributed by atoms with van der Waals surface area (Å²) in [6.07, 6.45) is 2.81. The number of aromatic amines is 1. The Balaban J connectivity index is 1.62. The fourth-order valence-corrected chi connectivity index (χ4v) is 3.39. The van der Waals surface area contributed by atoms with E-state index >= 15 is 0 Å². The molecule has 3 heterocycles. The summed E-state index contributed by atoms with van der Waals surface area (Å²) in [5, 5.41) is 5.22. The first kappa shape index (κ1) is 11.0. The first-order chi connectivity index (χ1) is 8.24. The quantitative estimate of drug-likeness (QED) is 0.813. The molecule has 0 aromatic carbocycles. The van der Waals surface area contributed by atoms with Gasteiger partial charge in [0.15, 0.2) is 0 Å². The third-order valence-electron chi connectivity index (χ3n) is 3.60. The van der Waals surface area contributed by atoms with Gasteiger partial charge in [-0.1, -0.05) is 11.3 Å². The van der Waals surface area contributed by atoms with Gasteiger partial charge in [0.25, 0.3) is 0 Å². The Bertz CT molecular complexity index is 481. The number of hydrogen-bond acceptors (Lipinski definition) is 4. The molecule has 0 radical (unpaired) electrons. The average Bonchev–Trinajstić information content (AvgIpc) is 2.96. The number of carbonyl (C=O) groups excluding carboxylic acids is 1. The standard InChI is InChI=1S/C11H15N3O2S/c15-10-4-8(9-2-1-3-14(9)10)12-5-7-6-17-11(16)13-7/h6,8-9,12H,1-5H2,(H,13,16). The van der Waals surface area contributed by atoms with E-state index in [1.54, 1.807) is 0 Å². The van der Waals surface area contributed by atoms with Crippen molar-refractivity contribution in [2.45, 2.75) is 37.9 Å². The first-order valence-electron chi connectivity index (χ1n) is 5.93. The van der Waals surface area contributed by atoms with Crippen LogP contribution in [0.3, 0.4) is 0 Å². The first-order valence-corrected chi connectivity index (χ1v) is 6.81. The molecule has 1 aromatic heterocycles. The lowest BCUT2D eigenvalue weighted by molar-refractivity contribution is -0.127. The van der Waals surface area contributed by atoms with Gasteiger partial charge in [-0.25, -0.2) is 0 Å². The lowest BCUT2D eigenvalue weighted by atomic mass is 10.1. The van der Waals surface area contributed by atoms with Crippen LogP contribution in [0, 0.1) is 0 Å². The van der Waals surface area contributed by atoms with Crippen LogP contribution >= 0.6 is 11.3 Å². The van der Waals surface area contributed by atoms with Crippen LogP contribution in [0.2, 0.25) is 0 Å². The lowest BCUT2D eigenvalue weighted by Crippen LogP contribution is -2.39. The predicted molar refractivity (Wildman–Crippen MR) is 64.9 cm³/mol. The summed E-state index contributed by atoms with van der Waals surface area (Å²) in [6, 6.07) is 0.612. The molecule has 5 nitrogen and oxygen atoms in total. The summed E-state index contributed by atoms with van der Waals surface area (Å²) in [6.45, 7) is 1.55. The van der Waals surface area contributed by atoms with E-state index in [4.69, 9.17) is 0 Å². The van der Waals surface area contributed by atoms with Gasteiger partial charge in [0.05, 0.1) is 0 Å². The van der Waals surface area contributed by atoms with E-state index in [0.717, 1.165) is 25.1 Å². The van der Waals surface area contributed by atoms with E-state index in [1.165, 1.54) is 11.3 Å². The molecule has 92 valence electrons. The van der Waals surface area contributed by atoms with Gasteiger partial charge in [-0.15, -0.1) is 0 Å². The summed E-state index contributed by atoms with van der Waals surface area (Å²) in [5.41, 5.74) is 0.906. The highest BCUT2D eigenvalue weighted by atomic mass is 32.1. The zero-order valence-electron chi connectivity index (χ0n) is 9.44. The van der Waals surface area contributed by atoms with E-state index in [0.29, 0.717) is 19.0 Å². The van der Waals surface area contributed by atoms with Crippen LogP contribution < -0.4 is 10.2 Å². The third kappa shape index (κ3) is 2.02. The van der Waals surface area contributed by atoms with Crippen molar-refractivity contribution in [3.8, 4) is 0 Å². The molecule has 2 N–H and O–H groups in total. The number of aromatic nitrogens is 1. The van der Waals surface area contributed by atoms with Crippen molar-refractivity contribution in [1.29, 1.82) is 0 Å². The lowest BCUT2D eigenvalue weighted by Gasteiger charge is -2.20. The molecule has 1 aromatic rings. The van der Waals surface area contributed by atoms with Gasteiger partial charge >= 0.3 is 4.87 Å². The van der Waals surface area contributed by atoms with Gasteiger partial charge in [0.1, 0.15) is 0 Å². The van der Waals surface area contributed by atoms with Crippen molar-refractivity contribution < 1.29 is 4.79 Å². The molecule has 2 atom stereocenters. The Kier molecular flexibility index (Phi) is 2.76. The number of nitrogens with one attached hydrogen (secondary N) is 2. The van der Waals surface area contributed by atoms with E-state index < -0.39 is 0 Å². The van der Waals surface area contributed by atoms with Gasteiger partial charge in [0, 0.05) is 42.7 Å². The molecule has 0 spiro atoms. The maximum absolute atomic E-state index is 11.7. The molecule has 1 amide bonds. The number of fused-ring (bicyclic) bond motifs is 1. The second-order valence-electron chi connectivity index (χ2n) is 4.66. The Morgan fingerprint density at radius 1 is 1.53 bits per heavy atom. The van der Waals surface area contributed by atoms with Crippen molar-refractivity contribution in [2.75, 3.05) is 6.54 Å². The number of rotatable bonds is 3. The van der Waals surface area contributed by atoms with Crippen LogP contribution in [0.1, 0.15) is 25.0 Å². The fourth-order valence-electron chi connectivity index (χ4n) is 2.81. The molecular formula is C11H15N3O2S. The topological polar surface area (TPSA) is 65.2 Å². The third-order valence-corrected chi connectivity index (χ3v) is 4.32. The summed E-state index contributed by atoms with van der Waals surface area (Å²) >= 11 is 1.18. The smallest absolute Gasteiger partial charge is 0.304 e. The van der Waals surface area contributed by atoms with Crippen LogP contribution in [0.25, 0.3) is 0 Å². The molecule has 6 heteroatoms. The van der Waals surface area contributed by atoms with Gasteiger partial charge in [-0.05, 0) is 12.8 Å². The highest BCUT2D eigenvalue weighted by Crippen LogP contribution is 2.29. The largest absolute Gasteiger partial charge is 0.338 e. The highest BCUT2D eigenvalue weighted by molar-refractivity contribution is 7.07. The molecular weight excluding hydrogens is 238 g/mol. The van der Waals surface area contributed by atoms with Gasteiger partial charge in [0.2, 0.25) is 5.91 Å². The Hall–Kier alpha value is -1.14. The number of H-pyrrole nitrogens is 1. The SMILES string of the molecule is O=C1CC(NCc2csc(=O)[nH]2)C2CCCN12. The second-order valence-corrected chi connectivity index (χ2v) is 5.50. The molecule has 2 aliphatic rings. The minimum Gasteiger partial charge on any atom is -0.338 e. The second kappa shape index (κ2) is 4.27. The van der Waals surface area contributed by atoms with Crippen LogP contribution in [-0.2, 0) is 11.3 Å². The predicted octanol–water partition coefficient (Wildman–Crippen LogP) is 0.289. The Morgan fingerprint density at radius 2 is 2.41 bits per heavy atom. The number of thiazole rings is 1. The van der Waals surface area contributed by atoms with E-state index in [9.17, 15) is 9.59 Å². The zero-order chi connectivity index (χ0) is 11.8. The van der Waals surface area contributed by atoms with Gasteiger partial charge < -0.3 is 15.2 Å². The van der Waals surface area contributed by atoms with Gasteiger partial charge in [-0.2, -0.15) is 0 Å². The molecule has 0 saturated carbocycles. The average molecular weight is 253 g/mol. The summed E-state index contributed by atoms with van der Waals surface area (Å²) in [5.74, 6) is 0.267. The summed E-state index contributed by atoms with van der Waals surface area (Å²) in [7, 11) is 0. The molecule has 3 rings (SSSR count). The summed E-state index contributed by atoms with van der Waals surface area (Å²) < 4.78 is 0. The van der Waals surface area contributed by atoms with Crippen LogP contribution in [-0.4, -0.2) is 34.4 Å². The minimum atomic E-state index is -0.0215. The molecule has 0 aliphatic carbocycles. The molecule has 2 aliphatic heterocycles. The highest BCUT2D eigenvalue weighted by Gasteiger charge is 2.41. The van der Waals surface area contributed by atoms with E-state index in [2.05, 4.69) is 10.3 Å².